The van der Waals surface area contributed by atoms with E-state index in [0.29, 0.717) is 25.7 Å². The molecule has 0 saturated heterocycles. The van der Waals surface area contributed by atoms with E-state index in [4.69, 9.17) is 0 Å². The number of carbonyl (C=O) groups excluding carboxylic acids is 2. The first-order valence-electron chi connectivity index (χ1n) is 8.40. The van der Waals surface area contributed by atoms with Crippen molar-refractivity contribution in [2.45, 2.75) is 85.2 Å². The standard InChI is InChI=1S/C18H33N3O2/c1-13(2)10-15(22)21-18(7,12-19)9-8-14(3)11-16(23)20-17(4,5)6/h13-14H,8-11H2,1-7H3,(H,20,23)(H,21,22). The highest BCUT2D eigenvalue weighted by Crippen LogP contribution is 2.19. The molecule has 2 unspecified atom stereocenters. The second-order valence-electron chi connectivity index (χ2n) is 8.24. The Bertz CT molecular complexity index is 446. The first-order valence-corrected chi connectivity index (χ1v) is 8.40. The second kappa shape index (κ2) is 8.90. The molecule has 0 saturated carbocycles. The van der Waals surface area contributed by atoms with Crippen LogP contribution in [0.25, 0.3) is 0 Å². The van der Waals surface area contributed by atoms with Crippen molar-refractivity contribution >= 4 is 11.8 Å². The maximum absolute atomic E-state index is 11.9. The average molecular weight is 323 g/mol. The van der Waals surface area contributed by atoms with Crippen molar-refractivity contribution in [3.8, 4) is 6.07 Å². The lowest BCUT2D eigenvalue weighted by Gasteiger charge is -2.26. The van der Waals surface area contributed by atoms with Crippen LogP contribution < -0.4 is 10.6 Å². The van der Waals surface area contributed by atoms with E-state index in [-0.39, 0.29) is 29.2 Å². The van der Waals surface area contributed by atoms with Crippen LogP contribution in [0.3, 0.4) is 0 Å². The van der Waals surface area contributed by atoms with Crippen LogP contribution in [0.5, 0.6) is 0 Å². The van der Waals surface area contributed by atoms with Gasteiger partial charge in [0.25, 0.3) is 0 Å². The van der Waals surface area contributed by atoms with E-state index in [2.05, 4.69) is 16.7 Å². The van der Waals surface area contributed by atoms with Crippen molar-refractivity contribution in [3.63, 3.8) is 0 Å². The van der Waals surface area contributed by atoms with Crippen LogP contribution in [-0.4, -0.2) is 22.9 Å². The van der Waals surface area contributed by atoms with Gasteiger partial charge in [-0.15, -0.1) is 0 Å². The summed E-state index contributed by atoms with van der Waals surface area (Å²) in [5.41, 5.74) is -1.11. The Labute approximate surface area is 141 Å². The van der Waals surface area contributed by atoms with Gasteiger partial charge in [0.15, 0.2) is 0 Å². The number of rotatable bonds is 8. The van der Waals surface area contributed by atoms with Gasteiger partial charge < -0.3 is 10.6 Å². The van der Waals surface area contributed by atoms with Crippen LogP contribution in [0.1, 0.15) is 74.1 Å². The Morgan fingerprint density at radius 2 is 1.52 bits per heavy atom. The smallest absolute Gasteiger partial charge is 0.221 e. The van der Waals surface area contributed by atoms with Crippen molar-refractivity contribution in [1.82, 2.24) is 10.6 Å². The number of nitriles is 1. The molecule has 0 bridgehead atoms. The third-order valence-corrected chi connectivity index (χ3v) is 3.44. The van der Waals surface area contributed by atoms with E-state index in [1.54, 1.807) is 6.92 Å². The van der Waals surface area contributed by atoms with Gasteiger partial charge in [-0.2, -0.15) is 5.26 Å². The van der Waals surface area contributed by atoms with Gasteiger partial charge in [0.05, 0.1) is 6.07 Å². The molecule has 5 heteroatoms. The fraction of sp³-hybridized carbons (Fsp3) is 0.833. The van der Waals surface area contributed by atoms with Gasteiger partial charge in [-0.25, -0.2) is 0 Å². The largest absolute Gasteiger partial charge is 0.352 e. The maximum atomic E-state index is 11.9. The minimum Gasteiger partial charge on any atom is -0.352 e. The molecule has 0 aromatic heterocycles. The molecule has 0 aliphatic rings. The highest BCUT2D eigenvalue weighted by Gasteiger charge is 2.27. The topological polar surface area (TPSA) is 82.0 Å². The molecule has 0 fully saturated rings. The van der Waals surface area contributed by atoms with E-state index < -0.39 is 5.54 Å². The number of hydrogen-bond acceptors (Lipinski definition) is 3. The Morgan fingerprint density at radius 3 is 1.96 bits per heavy atom. The highest BCUT2D eigenvalue weighted by atomic mass is 16.2. The van der Waals surface area contributed by atoms with Crippen LogP contribution in [0, 0.1) is 23.2 Å². The fourth-order valence-electron chi connectivity index (χ4n) is 2.30. The average Bonchev–Trinajstić information content (AvgIpc) is 2.32. The zero-order chi connectivity index (χ0) is 18.3. The lowest BCUT2D eigenvalue weighted by molar-refractivity contribution is -0.124. The molecule has 0 aromatic carbocycles. The molecule has 0 heterocycles. The van der Waals surface area contributed by atoms with Gasteiger partial charge in [-0.3, -0.25) is 9.59 Å². The Kier molecular flexibility index (Phi) is 8.30. The maximum Gasteiger partial charge on any atom is 0.221 e. The zero-order valence-corrected chi connectivity index (χ0v) is 15.7. The molecule has 0 aliphatic carbocycles. The lowest BCUT2D eigenvalue weighted by Crippen LogP contribution is -2.45. The quantitative estimate of drug-likeness (QED) is 0.720. The molecule has 132 valence electrons. The molecule has 0 aromatic rings. The minimum absolute atomic E-state index is 0.0208. The molecule has 2 atom stereocenters. The summed E-state index contributed by atoms with van der Waals surface area (Å²) in [6, 6.07) is 2.20. The summed E-state index contributed by atoms with van der Waals surface area (Å²) < 4.78 is 0. The SMILES string of the molecule is CC(C)CC(=O)NC(C)(C#N)CCC(C)CC(=O)NC(C)(C)C. The predicted octanol–water partition coefficient (Wildman–Crippen LogP) is 3.15. The molecule has 2 N–H and O–H groups in total. The lowest BCUT2D eigenvalue weighted by atomic mass is 9.90. The molecular formula is C18H33N3O2. The summed E-state index contributed by atoms with van der Waals surface area (Å²) in [6.45, 7) is 13.5. The van der Waals surface area contributed by atoms with E-state index >= 15 is 0 Å². The van der Waals surface area contributed by atoms with Crippen LogP contribution in [-0.2, 0) is 9.59 Å². The summed E-state index contributed by atoms with van der Waals surface area (Å²) in [7, 11) is 0. The van der Waals surface area contributed by atoms with Crippen molar-refractivity contribution in [2.75, 3.05) is 0 Å². The fourth-order valence-corrected chi connectivity index (χ4v) is 2.30. The van der Waals surface area contributed by atoms with Crippen LogP contribution in [0.15, 0.2) is 0 Å². The van der Waals surface area contributed by atoms with Crippen molar-refractivity contribution in [1.29, 1.82) is 5.26 Å². The Morgan fingerprint density at radius 1 is 1.00 bits per heavy atom. The summed E-state index contributed by atoms with van der Waals surface area (Å²) in [5.74, 6) is 0.347. The third-order valence-electron chi connectivity index (χ3n) is 3.44. The molecule has 0 radical (unpaired) electrons. The van der Waals surface area contributed by atoms with Gasteiger partial charge in [-0.05, 0) is 52.4 Å². The third kappa shape index (κ3) is 10.7. The van der Waals surface area contributed by atoms with Crippen LogP contribution >= 0.6 is 0 Å². The van der Waals surface area contributed by atoms with Gasteiger partial charge in [-0.1, -0.05) is 20.8 Å². The summed E-state index contributed by atoms with van der Waals surface area (Å²) in [4.78, 5) is 23.8. The number of amides is 2. The number of nitrogens with one attached hydrogen (secondary N) is 2. The van der Waals surface area contributed by atoms with Gasteiger partial charge in [0, 0.05) is 18.4 Å². The molecule has 2 amide bonds. The van der Waals surface area contributed by atoms with Crippen molar-refractivity contribution < 1.29 is 9.59 Å². The summed E-state index contributed by atoms with van der Waals surface area (Å²) in [5, 5.41) is 15.1. The van der Waals surface area contributed by atoms with Gasteiger partial charge in [0.1, 0.15) is 5.54 Å². The van der Waals surface area contributed by atoms with E-state index in [9.17, 15) is 14.9 Å². The predicted molar refractivity (Wildman–Crippen MR) is 92.5 cm³/mol. The summed E-state index contributed by atoms with van der Waals surface area (Å²) in [6.07, 6.45) is 2.10. The first-order chi connectivity index (χ1) is 10.4. The Balaban J connectivity index is 4.41. The number of carbonyl (C=O) groups is 2. The molecular weight excluding hydrogens is 290 g/mol. The zero-order valence-electron chi connectivity index (χ0n) is 15.7. The normalized spacial score (nSPS) is 15.4. The summed E-state index contributed by atoms with van der Waals surface area (Å²) >= 11 is 0. The van der Waals surface area contributed by atoms with E-state index in [0.717, 1.165) is 0 Å². The molecule has 0 rings (SSSR count). The molecule has 0 aliphatic heterocycles. The highest BCUT2D eigenvalue weighted by molar-refractivity contribution is 5.77. The number of nitrogens with zero attached hydrogens (tertiary/aromatic N) is 1. The minimum atomic E-state index is -0.874. The number of hydrogen-bond donors (Lipinski definition) is 2. The molecule has 23 heavy (non-hydrogen) atoms. The van der Waals surface area contributed by atoms with Crippen molar-refractivity contribution in [3.05, 3.63) is 0 Å². The Hall–Kier alpha value is -1.57. The van der Waals surface area contributed by atoms with Crippen LogP contribution in [0.4, 0.5) is 0 Å². The van der Waals surface area contributed by atoms with Crippen LogP contribution in [0.2, 0.25) is 0 Å². The van der Waals surface area contributed by atoms with E-state index in [1.165, 1.54) is 0 Å². The van der Waals surface area contributed by atoms with E-state index in [1.807, 2.05) is 41.5 Å². The van der Waals surface area contributed by atoms with Gasteiger partial charge in [0.2, 0.25) is 11.8 Å². The van der Waals surface area contributed by atoms with Gasteiger partial charge >= 0.3 is 0 Å². The monoisotopic (exact) mass is 323 g/mol. The second-order valence-corrected chi connectivity index (χ2v) is 8.24. The molecule has 0 spiro atoms. The van der Waals surface area contributed by atoms with Crippen molar-refractivity contribution in [2.24, 2.45) is 11.8 Å². The molecule has 5 nitrogen and oxygen atoms in total. The first kappa shape index (κ1) is 21.4.